The van der Waals surface area contributed by atoms with Gasteiger partial charge in [-0.15, -0.1) is 11.3 Å². The second-order valence-electron chi connectivity index (χ2n) is 5.74. The molecular formula is C18H15FN2OS. The number of benzene rings is 2. The summed E-state index contributed by atoms with van der Waals surface area (Å²) in [5.41, 5.74) is 4.39. The summed E-state index contributed by atoms with van der Waals surface area (Å²) in [6.07, 6.45) is 1.89. The van der Waals surface area contributed by atoms with Crippen LogP contribution in [-0.4, -0.2) is 22.3 Å². The van der Waals surface area contributed by atoms with E-state index in [2.05, 4.69) is 4.98 Å². The molecule has 0 radical (unpaired) electrons. The van der Waals surface area contributed by atoms with E-state index in [4.69, 9.17) is 0 Å². The Morgan fingerprint density at radius 2 is 2.04 bits per heavy atom. The third kappa shape index (κ3) is 2.61. The van der Waals surface area contributed by atoms with E-state index < -0.39 is 0 Å². The molecule has 116 valence electrons. The Labute approximate surface area is 137 Å². The van der Waals surface area contributed by atoms with Crippen LogP contribution in [0, 0.1) is 5.82 Å². The van der Waals surface area contributed by atoms with Crippen LogP contribution in [0.15, 0.2) is 48.0 Å². The van der Waals surface area contributed by atoms with Gasteiger partial charge in [-0.05, 0) is 48.7 Å². The van der Waals surface area contributed by atoms with Crippen LogP contribution in [0.3, 0.4) is 0 Å². The maximum atomic E-state index is 13.1. The maximum absolute atomic E-state index is 13.1. The number of rotatable bonds is 2. The van der Waals surface area contributed by atoms with Crippen LogP contribution >= 0.6 is 11.3 Å². The molecule has 0 saturated carbocycles. The molecule has 1 saturated heterocycles. The van der Waals surface area contributed by atoms with Crippen LogP contribution in [0.25, 0.3) is 10.2 Å². The standard InChI is InChI=1S/C18H15FN2OS/c19-14-6-3-12(4-7-14)16-2-1-9-21(16)18(22)13-5-8-15-17(10-13)23-11-20-15/h3-8,10-11,16H,1-2,9H2. The number of aromatic nitrogens is 1. The maximum Gasteiger partial charge on any atom is 0.254 e. The molecule has 1 atom stereocenters. The smallest absolute Gasteiger partial charge is 0.254 e. The molecule has 1 amide bonds. The Bertz CT molecular complexity index is 859. The predicted octanol–water partition coefficient (Wildman–Crippen LogP) is 4.41. The molecule has 0 bridgehead atoms. The van der Waals surface area contributed by atoms with E-state index >= 15 is 0 Å². The van der Waals surface area contributed by atoms with Gasteiger partial charge in [0.2, 0.25) is 0 Å². The van der Waals surface area contributed by atoms with Gasteiger partial charge in [0.05, 0.1) is 21.8 Å². The zero-order valence-electron chi connectivity index (χ0n) is 12.4. The largest absolute Gasteiger partial charge is 0.332 e. The van der Waals surface area contributed by atoms with Gasteiger partial charge < -0.3 is 4.90 Å². The minimum absolute atomic E-state index is 0.0280. The van der Waals surface area contributed by atoms with Gasteiger partial charge in [0, 0.05) is 12.1 Å². The van der Waals surface area contributed by atoms with Crippen molar-refractivity contribution in [3.63, 3.8) is 0 Å². The number of hydrogen-bond acceptors (Lipinski definition) is 3. The highest BCUT2D eigenvalue weighted by Gasteiger charge is 2.30. The summed E-state index contributed by atoms with van der Waals surface area (Å²) in [5, 5.41) is 0. The molecule has 0 N–H and O–H groups in total. The van der Waals surface area contributed by atoms with Gasteiger partial charge in [-0.25, -0.2) is 9.37 Å². The molecule has 3 nitrogen and oxygen atoms in total. The number of nitrogens with zero attached hydrogens (tertiary/aromatic N) is 2. The molecule has 1 aromatic heterocycles. The van der Waals surface area contributed by atoms with Crippen LogP contribution < -0.4 is 0 Å². The van der Waals surface area contributed by atoms with Gasteiger partial charge in [-0.2, -0.15) is 0 Å². The molecule has 4 rings (SSSR count). The van der Waals surface area contributed by atoms with Crippen molar-refractivity contribution >= 4 is 27.5 Å². The van der Waals surface area contributed by atoms with Crippen molar-refractivity contribution in [3.8, 4) is 0 Å². The van der Waals surface area contributed by atoms with Crippen LogP contribution in [0.1, 0.15) is 34.8 Å². The monoisotopic (exact) mass is 326 g/mol. The first-order chi connectivity index (χ1) is 11.2. The second-order valence-corrected chi connectivity index (χ2v) is 6.63. The summed E-state index contributed by atoms with van der Waals surface area (Å²) in [7, 11) is 0. The summed E-state index contributed by atoms with van der Waals surface area (Å²) in [5.74, 6) is -0.215. The molecule has 1 aliphatic heterocycles. The van der Waals surface area contributed by atoms with Crippen molar-refractivity contribution in [3.05, 3.63) is 64.9 Å². The van der Waals surface area contributed by atoms with Crippen molar-refractivity contribution in [1.29, 1.82) is 0 Å². The van der Waals surface area contributed by atoms with Crippen LogP contribution in [0.5, 0.6) is 0 Å². The Morgan fingerprint density at radius 3 is 2.87 bits per heavy atom. The van der Waals surface area contributed by atoms with Crippen LogP contribution in [0.4, 0.5) is 4.39 Å². The second kappa shape index (κ2) is 5.74. The molecule has 1 fully saturated rings. The Morgan fingerprint density at radius 1 is 1.22 bits per heavy atom. The molecule has 0 spiro atoms. The molecule has 1 aliphatic rings. The summed E-state index contributed by atoms with van der Waals surface area (Å²) in [6, 6.07) is 12.1. The van der Waals surface area contributed by atoms with Crippen molar-refractivity contribution in [2.75, 3.05) is 6.54 Å². The average molecular weight is 326 g/mol. The lowest BCUT2D eigenvalue weighted by Gasteiger charge is -2.25. The minimum atomic E-state index is -0.250. The van der Waals surface area contributed by atoms with Crippen LogP contribution in [0.2, 0.25) is 0 Å². The van der Waals surface area contributed by atoms with Gasteiger partial charge in [-0.1, -0.05) is 12.1 Å². The number of halogens is 1. The first-order valence-corrected chi connectivity index (χ1v) is 8.50. The lowest BCUT2D eigenvalue weighted by molar-refractivity contribution is 0.0736. The average Bonchev–Trinajstić information content (AvgIpc) is 3.23. The Kier molecular flexibility index (Phi) is 3.58. The normalized spacial score (nSPS) is 17.8. The van der Waals surface area contributed by atoms with Crippen molar-refractivity contribution < 1.29 is 9.18 Å². The van der Waals surface area contributed by atoms with E-state index in [0.717, 1.165) is 35.2 Å². The minimum Gasteiger partial charge on any atom is -0.332 e. The fraction of sp³-hybridized carbons (Fsp3) is 0.222. The van der Waals surface area contributed by atoms with Gasteiger partial charge in [0.1, 0.15) is 5.82 Å². The van der Waals surface area contributed by atoms with Crippen LogP contribution in [-0.2, 0) is 0 Å². The molecule has 23 heavy (non-hydrogen) atoms. The van der Waals surface area contributed by atoms with E-state index in [1.54, 1.807) is 17.6 Å². The van der Waals surface area contributed by atoms with Gasteiger partial charge >= 0.3 is 0 Å². The van der Waals surface area contributed by atoms with Gasteiger partial charge in [0.25, 0.3) is 5.91 Å². The molecular weight excluding hydrogens is 311 g/mol. The van der Waals surface area contributed by atoms with E-state index in [-0.39, 0.29) is 17.8 Å². The summed E-state index contributed by atoms with van der Waals surface area (Å²) in [4.78, 5) is 19.0. The van der Waals surface area contributed by atoms with E-state index in [1.165, 1.54) is 23.5 Å². The first-order valence-electron chi connectivity index (χ1n) is 7.62. The summed E-state index contributed by atoms with van der Waals surface area (Å²) < 4.78 is 14.1. The molecule has 1 unspecified atom stereocenters. The summed E-state index contributed by atoms with van der Waals surface area (Å²) in [6.45, 7) is 0.738. The topological polar surface area (TPSA) is 33.2 Å². The van der Waals surface area contributed by atoms with Gasteiger partial charge in [-0.3, -0.25) is 4.79 Å². The molecule has 3 aromatic rings. The predicted molar refractivity (Wildman–Crippen MR) is 89.0 cm³/mol. The van der Waals surface area contributed by atoms with E-state index in [1.807, 2.05) is 23.1 Å². The lowest BCUT2D eigenvalue weighted by atomic mass is 10.0. The van der Waals surface area contributed by atoms with Crippen molar-refractivity contribution in [1.82, 2.24) is 9.88 Å². The van der Waals surface area contributed by atoms with E-state index in [0.29, 0.717) is 5.56 Å². The highest BCUT2D eigenvalue weighted by Crippen LogP contribution is 2.33. The third-order valence-electron chi connectivity index (χ3n) is 4.35. The number of hydrogen-bond donors (Lipinski definition) is 0. The van der Waals surface area contributed by atoms with Crippen molar-refractivity contribution in [2.45, 2.75) is 18.9 Å². The Hall–Kier alpha value is -2.27. The lowest BCUT2D eigenvalue weighted by Crippen LogP contribution is -2.30. The zero-order chi connectivity index (χ0) is 15.8. The number of carbonyl (C=O) groups excluding carboxylic acids is 1. The number of amides is 1. The SMILES string of the molecule is O=C(c1ccc2ncsc2c1)N1CCCC1c1ccc(F)cc1. The highest BCUT2D eigenvalue weighted by atomic mass is 32.1. The molecule has 2 heterocycles. The van der Waals surface area contributed by atoms with Gasteiger partial charge in [0.15, 0.2) is 0 Å². The number of thiazole rings is 1. The highest BCUT2D eigenvalue weighted by molar-refractivity contribution is 7.16. The zero-order valence-corrected chi connectivity index (χ0v) is 13.2. The molecule has 0 aliphatic carbocycles. The summed E-state index contributed by atoms with van der Waals surface area (Å²) >= 11 is 1.54. The fourth-order valence-corrected chi connectivity index (χ4v) is 3.91. The van der Waals surface area contributed by atoms with E-state index in [9.17, 15) is 9.18 Å². The first kappa shape index (κ1) is 14.3. The number of likely N-dealkylation sites (tertiary alicyclic amines) is 1. The number of fused-ring (bicyclic) bond motifs is 1. The van der Waals surface area contributed by atoms with Crippen molar-refractivity contribution in [2.24, 2.45) is 0 Å². The molecule has 5 heteroatoms. The Balaban J connectivity index is 1.64. The quantitative estimate of drug-likeness (QED) is 0.699. The number of carbonyl (C=O) groups is 1. The fourth-order valence-electron chi connectivity index (χ4n) is 3.20. The third-order valence-corrected chi connectivity index (χ3v) is 5.14. The molecule has 2 aromatic carbocycles.